The maximum atomic E-state index is 4.59. The molecule has 0 aliphatic heterocycles. The zero-order valence-corrected chi connectivity index (χ0v) is 12.6. The molecule has 18 heavy (non-hydrogen) atoms. The molecule has 4 heteroatoms. The predicted molar refractivity (Wildman–Crippen MR) is 77.3 cm³/mol. The Morgan fingerprint density at radius 1 is 1.22 bits per heavy atom. The summed E-state index contributed by atoms with van der Waals surface area (Å²) in [4.78, 5) is 4.40. The topological polar surface area (TPSA) is 30.7 Å². The molecule has 0 saturated heterocycles. The van der Waals surface area contributed by atoms with Gasteiger partial charge in [-0.2, -0.15) is 5.10 Å². The van der Waals surface area contributed by atoms with Gasteiger partial charge in [0.1, 0.15) is 6.33 Å². The number of hydrogen-bond acceptors (Lipinski definition) is 2. The Hall–Kier alpha value is -1.16. The molecule has 0 radical (unpaired) electrons. The number of halogens is 1. The molecule has 1 aromatic heterocycles. The minimum absolute atomic E-state index is 0.418. The van der Waals surface area contributed by atoms with Crippen molar-refractivity contribution in [3.05, 3.63) is 35.1 Å². The van der Waals surface area contributed by atoms with Gasteiger partial charge in [0, 0.05) is 10.0 Å². The molecule has 0 bridgehead atoms. The fraction of sp³-hybridized carbons (Fsp3) is 0.429. The molecular formula is C14H18BrN3. The first-order chi connectivity index (χ1) is 8.61. The van der Waals surface area contributed by atoms with Crippen molar-refractivity contribution in [3.8, 4) is 11.4 Å². The maximum Gasteiger partial charge on any atom is 0.181 e. The van der Waals surface area contributed by atoms with Crippen LogP contribution < -0.4 is 0 Å². The Labute approximate surface area is 116 Å². The number of benzene rings is 1. The second-order valence-corrected chi connectivity index (χ2v) is 5.69. The van der Waals surface area contributed by atoms with Crippen molar-refractivity contribution in [2.75, 3.05) is 0 Å². The van der Waals surface area contributed by atoms with Crippen LogP contribution in [0.2, 0.25) is 0 Å². The van der Waals surface area contributed by atoms with Crippen LogP contribution in [0.5, 0.6) is 0 Å². The van der Waals surface area contributed by atoms with E-state index in [1.165, 1.54) is 0 Å². The molecule has 2 aromatic rings. The average Bonchev–Trinajstić information content (AvgIpc) is 2.80. The Morgan fingerprint density at radius 3 is 2.44 bits per heavy atom. The van der Waals surface area contributed by atoms with Crippen LogP contribution in [-0.2, 0) is 0 Å². The van der Waals surface area contributed by atoms with E-state index in [0.29, 0.717) is 12.0 Å². The van der Waals surface area contributed by atoms with Gasteiger partial charge in [-0.3, -0.25) is 0 Å². The molecule has 1 atom stereocenters. The van der Waals surface area contributed by atoms with Crippen LogP contribution in [0.4, 0.5) is 0 Å². The second-order valence-electron chi connectivity index (χ2n) is 4.77. The van der Waals surface area contributed by atoms with E-state index in [0.717, 1.165) is 22.3 Å². The Kier molecular flexibility index (Phi) is 4.17. The van der Waals surface area contributed by atoms with Crippen molar-refractivity contribution in [2.24, 2.45) is 5.92 Å². The quantitative estimate of drug-likeness (QED) is 0.842. The summed E-state index contributed by atoms with van der Waals surface area (Å²) in [6, 6.07) is 8.49. The SMILES string of the molecule is CC[C@@H](C(C)C)n1cnc(-c2ccc(Br)cc2)n1. The number of rotatable bonds is 4. The van der Waals surface area contributed by atoms with Crippen LogP contribution in [0.1, 0.15) is 33.2 Å². The predicted octanol–water partition coefficient (Wildman–Crippen LogP) is 4.31. The van der Waals surface area contributed by atoms with E-state index in [-0.39, 0.29) is 0 Å². The lowest BCUT2D eigenvalue weighted by atomic mass is 10.0. The Morgan fingerprint density at radius 2 is 1.89 bits per heavy atom. The van der Waals surface area contributed by atoms with E-state index in [1.54, 1.807) is 0 Å². The van der Waals surface area contributed by atoms with E-state index in [4.69, 9.17) is 0 Å². The van der Waals surface area contributed by atoms with Gasteiger partial charge in [0.05, 0.1) is 6.04 Å². The highest BCUT2D eigenvalue weighted by Crippen LogP contribution is 2.23. The summed E-state index contributed by atoms with van der Waals surface area (Å²) in [5.74, 6) is 1.36. The monoisotopic (exact) mass is 307 g/mol. The minimum Gasteiger partial charge on any atom is -0.249 e. The lowest BCUT2D eigenvalue weighted by Gasteiger charge is -2.18. The van der Waals surface area contributed by atoms with Gasteiger partial charge in [-0.05, 0) is 24.5 Å². The van der Waals surface area contributed by atoms with Crippen LogP contribution in [0.25, 0.3) is 11.4 Å². The van der Waals surface area contributed by atoms with Gasteiger partial charge in [-0.15, -0.1) is 0 Å². The average molecular weight is 308 g/mol. The fourth-order valence-electron chi connectivity index (χ4n) is 2.13. The molecule has 0 fully saturated rings. The Bertz CT molecular complexity index is 502. The molecule has 0 unspecified atom stereocenters. The first-order valence-electron chi connectivity index (χ1n) is 6.29. The van der Waals surface area contributed by atoms with E-state index in [2.05, 4.69) is 46.8 Å². The molecule has 3 nitrogen and oxygen atoms in total. The highest BCUT2D eigenvalue weighted by atomic mass is 79.9. The van der Waals surface area contributed by atoms with Crippen LogP contribution in [0.15, 0.2) is 35.1 Å². The summed E-state index contributed by atoms with van der Waals surface area (Å²) in [5.41, 5.74) is 1.05. The summed E-state index contributed by atoms with van der Waals surface area (Å²) in [6.07, 6.45) is 2.91. The van der Waals surface area contributed by atoms with Crippen LogP contribution in [0, 0.1) is 5.92 Å². The molecule has 0 saturated carbocycles. The normalized spacial score (nSPS) is 12.9. The summed E-state index contributed by atoms with van der Waals surface area (Å²) < 4.78 is 3.06. The van der Waals surface area contributed by atoms with Crippen molar-refractivity contribution >= 4 is 15.9 Å². The van der Waals surface area contributed by atoms with Crippen LogP contribution in [-0.4, -0.2) is 14.8 Å². The van der Waals surface area contributed by atoms with Crippen molar-refractivity contribution in [1.82, 2.24) is 14.8 Å². The van der Waals surface area contributed by atoms with Gasteiger partial charge in [0.25, 0.3) is 0 Å². The third-order valence-corrected chi connectivity index (χ3v) is 3.67. The van der Waals surface area contributed by atoms with Gasteiger partial charge in [0.15, 0.2) is 5.82 Å². The fourth-order valence-corrected chi connectivity index (χ4v) is 2.39. The largest absolute Gasteiger partial charge is 0.249 e. The van der Waals surface area contributed by atoms with Gasteiger partial charge in [0.2, 0.25) is 0 Å². The lowest BCUT2D eigenvalue weighted by Crippen LogP contribution is -2.14. The van der Waals surface area contributed by atoms with Gasteiger partial charge >= 0.3 is 0 Å². The molecule has 0 aliphatic rings. The third kappa shape index (κ3) is 2.80. The summed E-state index contributed by atoms with van der Waals surface area (Å²) in [5, 5.41) is 4.59. The first-order valence-corrected chi connectivity index (χ1v) is 7.08. The highest BCUT2D eigenvalue weighted by molar-refractivity contribution is 9.10. The van der Waals surface area contributed by atoms with Gasteiger partial charge < -0.3 is 0 Å². The van der Waals surface area contributed by atoms with Crippen molar-refractivity contribution < 1.29 is 0 Å². The minimum atomic E-state index is 0.418. The van der Waals surface area contributed by atoms with Crippen LogP contribution >= 0.6 is 15.9 Å². The standard InChI is InChI=1S/C14H18BrN3/c1-4-13(10(2)3)18-9-16-14(17-18)11-5-7-12(15)8-6-11/h5-10,13H,4H2,1-3H3/t13-/m0/s1. The highest BCUT2D eigenvalue weighted by Gasteiger charge is 2.15. The third-order valence-electron chi connectivity index (χ3n) is 3.14. The first kappa shape index (κ1) is 13.3. The van der Waals surface area contributed by atoms with Gasteiger partial charge in [-0.25, -0.2) is 9.67 Å². The summed E-state index contributed by atoms with van der Waals surface area (Å²) in [6.45, 7) is 6.62. The molecule has 0 amide bonds. The van der Waals surface area contributed by atoms with Gasteiger partial charge in [-0.1, -0.05) is 48.8 Å². The summed E-state index contributed by atoms with van der Waals surface area (Å²) in [7, 11) is 0. The molecule has 1 aromatic carbocycles. The number of nitrogens with zero attached hydrogens (tertiary/aromatic N) is 3. The lowest BCUT2D eigenvalue weighted by molar-refractivity contribution is 0.336. The van der Waals surface area contributed by atoms with Crippen molar-refractivity contribution in [2.45, 2.75) is 33.2 Å². The van der Waals surface area contributed by atoms with Crippen molar-refractivity contribution in [3.63, 3.8) is 0 Å². The van der Waals surface area contributed by atoms with Crippen LogP contribution in [0.3, 0.4) is 0 Å². The Balaban J connectivity index is 2.27. The molecule has 1 heterocycles. The molecule has 96 valence electrons. The number of hydrogen-bond donors (Lipinski definition) is 0. The molecule has 0 spiro atoms. The zero-order chi connectivity index (χ0) is 13.1. The molecule has 2 rings (SSSR count). The summed E-state index contributed by atoms with van der Waals surface area (Å²) >= 11 is 3.43. The molecule has 0 N–H and O–H groups in total. The van der Waals surface area contributed by atoms with Crippen molar-refractivity contribution in [1.29, 1.82) is 0 Å². The smallest absolute Gasteiger partial charge is 0.181 e. The zero-order valence-electron chi connectivity index (χ0n) is 11.0. The van der Waals surface area contributed by atoms with E-state index in [1.807, 2.05) is 35.3 Å². The second kappa shape index (κ2) is 5.65. The van der Waals surface area contributed by atoms with E-state index < -0.39 is 0 Å². The number of aromatic nitrogens is 3. The maximum absolute atomic E-state index is 4.59. The van der Waals surface area contributed by atoms with E-state index in [9.17, 15) is 0 Å². The molecule has 0 aliphatic carbocycles. The van der Waals surface area contributed by atoms with E-state index >= 15 is 0 Å². The molecular weight excluding hydrogens is 290 g/mol.